The van der Waals surface area contributed by atoms with Gasteiger partial charge in [0.05, 0.1) is 18.4 Å². The van der Waals surface area contributed by atoms with Crippen LogP contribution in [0.5, 0.6) is 0 Å². The Balaban J connectivity index is 2.41. The van der Waals surface area contributed by atoms with Gasteiger partial charge in [0.2, 0.25) is 0 Å². The Kier molecular flexibility index (Phi) is 2.95. The molecule has 0 bridgehead atoms. The molecule has 0 spiro atoms. The quantitative estimate of drug-likeness (QED) is 0.742. The first-order valence-corrected chi connectivity index (χ1v) is 6.40. The molecule has 1 N–H and O–H groups in total. The minimum atomic E-state index is -3.86. The lowest BCUT2D eigenvalue weighted by molar-refractivity contribution is -0.117. The number of hydrogen-bond acceptors (Lipinski definition) is 5. The van der Waals surface area contributed by atoms with Crippen LogP contribution in [0.3, 0.4) is 0 Å². The molecular weight excluding hydrogens is 260 g/mol. The number of nitrogens with zero attached hydrogens (tertiary/aromatic N) is 1. The first kappa shape index (κ1) is 12.4. The van der Waals surface area contributed by atoms with E-state index in [1.54, 1.807) is 0 Å². The molecule has 96 valence electrons. The van der Waals surface area contributed by atoms with Crippen LogP contribution < -0.4 is 9.03 Å². The zero-order valence-electron chi connectivity index (χ0n) is 9.41. The number of benzene rings is 1. The maximum absolute atomic E-state index is 11.6. The number of carbonyl (C=O) groups is 2. The number of nitrogens with one attached hydrogen (secondary N) is 1. The van der Waals surface area contributed by atoms with E-state index in [1.807, 2.05) is 4.72 Å². The van der Waals surface area contributed by atoms with Crippen LogP contribution in [0.1, 0.15) is 10.4 Å². The van der Waals surface area contributed by atoms with Gasteiger partial charge in [0.15, 0.2) is 0 Å². The van der Waals surface area contributed by atoms with Gasteiger partial charge in [0, 0.05) is 0 Å². The molecule has 1 aromatic carbocycles. The van der Waals surface area contributed by atoms with Gasteiger partial charge in [-0.05, 0) is 18.2 Å². The van der Waals surface area contributed by atoms with Crippen LogP contribution in [-0.4, -0.2) is 33.9 Å². The van der Waals surface area contributed by atoms with E-state index in [4.69, 9.17) is 0 Å². The van der Waals surface area contributed by atoms with Gasteiger partial charge in [-0.1, -0.05) is 6.07 Å². The fraction of sp³-hybridized carbons (Fsp3) is 0.200. The zero-order valence-corrected chi connectivity index (χ0v) is 10.2. The SMILES string of the molecule is COC(=O)c1cccc(N2CC(=O)NS2(=O)=O)c1. The molecule has 18 heavy (non-hydrogen) atoms. The van der Waals surface area contributed by atoms with E-state index in [0.717, 1.165) is 4.31 Å². The van der Waals surface area contributed by atoms with Crippen molar-refractivity contribution in [2.75, 3.05) is 18.0 Å². The molecular formula is C10H10N2O5S. The minimum absolute atomic E-state index is 0.213. The molecule has 1 aromatic rings. The Bertz CT molecular complexity index is 610. The highest BCUT2D eigenvalue weighted by molar-refractivity contribution is 7.92. The zero-order chi connectivity index (χ0) is 13.3. The van der Waals surface area contributed by atoms with Crippen molar-refractivity contribution < 1.29 is 22.7 Å². The van der Waals surface area contributed by atoms with Crippen LogP contribution in [0.15, 0.2) is 24.3 Å². The number of anilines is 1. The summed E-state index contributed by atoms with van der Waals surface area (Å²) < 4.78 is 30.5. The molecule has 0 radical (unpaired) electrons. The van der Waals surface area contributed by atoms with Gasteiger partial charge >= 0.3 is 16.2 Å². The molecule has 7 nitrogen and oxygen atoms in total. The summed E-state index contributed by atoms with van der Waals surface area (Å²) in [5.41, 5.74) is 0.445. The summed E-state index contributed by atoms with van der Waals surface area (Å²) in [6.07, 6.45) is 0. The highest BCUT2D eigenvalue weighted by Gasteiger charge is 2.34. The van der Waals surface area contributed by atoms with E-state index in [-0.39, 0.29) is 17.8 Å². The average Bonchev–Trinajstić information content (AvgIpc) is 2.61. The van der Waals surface area contributed by atoms with Crippen molar-refractivity contribution in [3.63, 3.8) is 0 Å². The Morgan fingerprint density at radius 2 is 2.17 bits per heavy atom. The topological polar surface area (TPSA) is 92.8 Å². The molecule has 8 heteroatoms. The fourth-order valence-corrected chi connectivity index (χ4v) is 2.72. The normalized spacial score (nSPS) is 17.4. The predicted molar refractivity (Wildman–Crippen MR) is 62.2 cm³/mol. The summed E-state index contributed by atoms with van der Waals surface area (Å²) in [5, 5.41) is 0. The molecule has 2 rings (SSSR count). The van der Waals surface area contributed by atoms with E-state index in [1.165, 1.54) is 31.4 Å². The lowest BCUT2D eigenvalue weighted by Crippen LogP contribution is -2.29. The highest BCUT2D eigenvalue weighted by Crippen LogP contribution is 2.21. The second-order valence-corrected chi connectivity index (χ2v) is 5.17. The van der Waals surface area contributed by atoms with Gasteiger partial charge in [0.25, 0.3) is 5.91 Å². The summed E-state index contributed by atoms with van der Waals surface area (Å²) in [4.78, 5) is 22.4. The largest absolute Gasteiger partial charge is 0.465 e. The van der Waals surface area contributed by atoms with Crippen LogP contribution in [-0.2, 0) is 19.7 Å². The molecule has 1 aliphatic rings. The van der Waals surface area contributed by atoms with Crippen molar-refractivity contribution in [2.45, 2.75) is 0 Å². The van der Waals surface area contributed by atoms with Crippen LogP contribution in [0.2, 0.25) is 0 Å². The Morgan fingerprint density at radius 3 is 2.72 bits per heavy atom. The lowest BCUT2D eigenvalue weighted by atomic mass is 10.2. The third-order valence-electron chi connectivity index (χ3n) is 2.38. The molecule has 1 fully saturated rings. The molecule has 1 heterocycles. The van der Waals surface area contributed by atoms with Crippen molar-refractivity contribution in [1.82, 2.24) is 4.72 Å². The van der Waals surface area contributed by atoms with Crippen molar-refractivity contribution >= 4 is 27.8 Å². The van der Waals surface area contributed by atoms with E-state index in [9.17, 15) is 18.0 Å². The average molecular weight is 270 g/mol. The van der Waals surface area contributed by atoms with Gasteiger partial charge in [-0.15, -0.1) is 0 Å². The number of methoxy groups -OCH3 is 1. The van der Waals surface area contributed by atoms with Gasteiger partial charge < -0.3 is 4.74 Å². The molecule has 0 atom stereocenters. The molecule has 0 aliphatic carbocycles. The Morgan fingerprint density at radius 1 is 1.44 bits per heavy atom. The second kappa shape index (κ2) is 4.30. The minimum Gasteiger partial charge on any atom is -0.465 e. The first-order chi connectivity index (χ1) is 8.44. The van der Waals surface area contributed by atoms with E-state index in [0.29, 0.717) is 0 Å². The summed E-state index contributed by atoms with van der Waals surface area (Å²) in [6.45, 7) is -0.299. The second-order valence-electron chi connectivity index (χ2n) is 3.58. The number of amides is 1. The number of esters is 1. The maximum Gasteiger partial charge on any atom is 0.337 e. The molecule has 1 amide bonds. The van der Waals surface area contributed by atoms with Crippen molar-refractivity contribution in [3.05, 3.63) is 29.8 Å². The standard InChI is InChI=1S/C10H10N2O5S/c1-17-10(14)7-3-2-4-8(5-7)12-6-9(13)11-18(12,15)16/h2-5H,6H2,1H3,(H,11,13). The van der Waals surface area contributed by atoms with Crippen molar-refractivity contribution in [2.24, 2.45) is 0 Å². The number of rotatable bonds is 2. The van der Waals surface area contributed by atoms with Crippen LogP contribution in [0.4, 0.5) is 5.69 Å². The summed E-state index contributed by atoms with van der Waals surface area (Å²) >= 11 is 0. The van der Waals surface area contributed by atoms with Gasteiger partial charge in [-0.2, -0.15) is 8.42 Å². The number of hydrogen-bond donors (Lipinski definition) is 1. The van der Waals surface area contributed by atoms with Crippen LogP contribution in [0, 0.1) is 0 Å². The molecule has 1 saturated heterocycles. The summed E-state index contributed by atoms with van der Waals surface area (Å²) in [6, 6.07) is 5.85. The molecule has 0 aromatic heterocycles. The molecule has 0 unspecified atom stereocenters. The number of ether oxygens (including phenoxy) is 1. The predicted octanol–water partition coefficient (Wildman–Crippen LogP) is -0.346. The first-order valence-electron chi connectivity index (χ1n) is 4.96. The summed E-state index contributed by atoms with van der Waals surface area (Å²) in [7, 11) is -2.63. The fourth-order valence-electron chi connectivity index (χ4n) is 1.58. The molecule has 1 aliphatic heterocycles. The van der Waals surface area contributed by atoms with Gasteiger partial charge in [-0.3, -0.25) is 4.79 Å². The third-order valence-corrected chi connectivity index (χ3v) is 3.78. The maximum atomic E-state index is 11.6. The lowest BCUT2D eigenvalue weighted by Gasteiger charge is -2.14. The third kappa shape index (κ3) is 2.14. The van der Waals surface area contributed by atoms with Crippen LogP contribution in [0.25, 0.3) is 0 Å². The monoisotopic (exact) mass is 270 g/mol. The van der Waals surface area contributed by atoms with E-state index >= 15 is 0 Å². The van der Waals surface area contributed by atoms with Crippen LogP contribution >= 0.6 is 0 Å². The van der Waals surface area contributed by atoms with Crippen molar-refractivity contribution in [3.8, 4) is 0 Å². The Labute approximate surface area is 104 Å². The van der Waals surface area contributed by atoms with Crippen molar-refractivity contribution in [1.29, 1.82) is 0 Å². The summed E-state index contributed by atoms with van der Waals surface area (Å²) in [5.74, 6) is -1.19. The number of carbonyl (C=O) groups excluding carboxylic acids is 2. The highest BCUT2D eigenvalue weighted by atomic mass is 32.2. The van der Waals surface area contributed by atoms with Gasteiger partial charge in [0.1, 0.15) is 6.54 Å². The smallest absolute Gasteiger partial charge is 0.337 e. The Hall–Kier alpha value is -2.09. The molecule has 0 saturated carbocycles. The van der Waals surface area contributed by atoms with E-state index < -0.39 is 22.1 Å². The van der Waals surface area contributed by atoms with Gasteiger partial charge in [-0.25, -0.2) is 13.8 Å². The van der Waals surface area contributed by atoms with E-state index in [2.05, 4.69) is 4.74 Å².